The molecule has 0 aliphatic carbocycles. The summed E-state index contributed by atoms with van der Waals surface area (Å²) >= 11 is 0. The quantitative estimate of drug-likeness (QED) is 0.697. The number of imidazole rings is 1. The largest absolute Gasteiger partial charge is 0.383 e. The normalized spacial score (nSPS) is 12.1. The number of aryl methyl sites for hydroxylation is 1. The third-order valence-corrected chi connectivity index (χ3v) is 4.48. The number of urea groups is 1. The maximum atomic E-state index is 12.9. The van der Waals surface area contributed by atoms with E-state index in [2.05, 4.69) is 15.3 Å². The highest BCUT2D eigenvalue weighted by atomic mass is 16.5. The Morgan fingerprint density at radius 1 is 1.26 bits per heavy atom. The van der Waals surface area contributed by atoms with Crippen LogP contribution < -0.4 is 5.32 Å². The van der Waals surface area contributed by atoms with E-state index in [9.17, 15) is 4.79 Å². The summed E-state index contributed by atoms with van der Waals surface area (Å²) in [5.74, 6) is 0.814. The Bertz CT molecular complexity index is 894. The number of para-hydroxylation sites is 2. The molecule has 2 aromatic heterocycles. The fourth-order valence-electron chi connectivity index (χ4n) is 3.03. The molecule has 0 saturated carbocycles. The van der Waals surface area contributed by atoms with Crippen LogP contribution in [0.4, 0.5) is 4.79 Å². The van der Waals surface area contributed by atoms with E-state index in [-0.39, 0.29) is 12.1 Å². The molecule has 3 rings (SSSR count). The van der Waals surface area contributed by atoms with Crippen LogP contribution in [0.3, 0.4) is 0 Å². The minimum Gasteiger partial charge on any atom is -0.383 e. The minimum absolute atomic E-state index is 0.169. The molecule has 0 aliphatic heterocycles. The molecule has 7 heteroatoms. The van der Waals surface area contributed by atoms with Crippen LogP contribution in [0.2, 0.25) is 0 Å². The van der Waals surface area contributed by atoms with Crippen molar-refractivity contribution in [2.24, 2.45) is 7.05 Å². The number of nitrogens with zero attached hydrogens (tertiary/aromatic N) is 4. The topological polar surface area (TPSA) is 72.3 Å². The van der Waals surface area contributed by atoms with Crippen LogP contribution in [0.15, 0.2) is 48.7 Å². The molecule has 0 aliphatic rings. The van der Waals surface area contributed by atoms with Gasteiger partial charge in [0.2, 0.25) is 0 Å². The first-order valence-electron chi connectivity index (χ1n) is 8.95. The average molecular weight is 367 g/mol. The SMILES string of the molecule is COCCN(Cc1ccccn1)C(=O)N[C@@H](C)c1nc2ccccc2n1C. The molecule has 7 nitrogen and oxygen atoms in total. The molecule has 3 aromatic rings. The third-order valence-electron chi connectivity index (χ3n) is 4.48. The zero-order chi connectivity index (χ0) is 19.2. The second kappa shape index (κ2) is 8.64. The first kappa shape index (κ1) is 18.8. The molecule has 0 spiro atoms. The predicted molar refractivity (Wildman–Crippen MR) is 104 cm³/mol. The number of methoxy groups -OCH3 is 1. The minimum atomic E-state index is -0.233. The molecule has 27 heavy (non-hydrogen) atoms. The van der Waals surface area contributed by atoms with Gasteiger partial charge in [-0.05, 0) is 31.2 Å². The maximum Gasteiger partial charge on any atom is 0.318 e. The second-order valence-corrected chi connectivity index (χ2v) is 6.42. The van der Waals surface area contributed by atoms with Crippen LogP contribution in [0.1, 0.15) is 24.5 Å². The van der Waals surface area contributed by atoms with Gasteiger partial charge >= 0.3 is 6.03 Å². The molecular weight excluding hydrogens is 342 g/mol. The number of fused-ring (bicyclic) bond motifs is 1. The highest BCUT2D eigenvalue weighted by Gasteiger charge is 2.20. The van der Waals surface area contributed by atoms with Crippen LogP contribution in [-0.2, 0) is 18.3 Å². The van der Waals surface area contributed by atoms with Crippen molar-refractivity contribution in [1.29, 1.82) is 0 Å². The summed E-state index contributed by atoms with van der Waals surface area (Å²) in [6, 6.07) is 13.2. The van der Waals surface area contributed by atoms with Crippen molar-refractivity contribution >= 4 is 17.1 Å². The summed E-state index contributed by atoms with van der Waals surface area (Å²) in [5, 5.41) is 3.05. The highest BCUT2D eigenvalue weighted by molar-refractivity contribution is 5.77. The number of nitrogens with one attached hydrogen (secondary N) is 1. The number of amides is 2. The number of rotatable bonds is 7. The van der Waals surface area contributed by atoms with Gasteiger partial charge in [0.25, 0.3) is 0 Å². The molecule has 2 heterocycles. The average Bonchev–Trinajstić information content (AvgIpc) is 3.03. The van der Waals surface area contributed by atoms with Gasteiger partial charge in [-0.3, -0.25) is 4.98 Å². The zero-order valence-electron chi connectivity index (χ0n) is 15.9. The van der Waals surface area contributed by atoms with E-state index in [1.165, 1.54) is 0 Å². The van der Waals surface area contributed by atoms with Gasteiger partial charge in [0.1, 0.15) is 5.82 Å². The van der Waals surface area contributed by atoms with E-state index in [4.69, 9.17) is 4.74 Å². The zero-order valence-corrected chi connectivity index (χ0v) is 15.9. The summed E-state index contributed by atoms with van der Waals surface area (Å²) in [6.45, 7) is 3.30. The predicted octanol–water partition coefficient (Wildman–Crippen LogP) is 2.89. The lowest BCUT2D eigenvalue weighted by Crippen LogP contribution is -2.42. The number of hydrogen-bond acceptors (Lipinski definition) is 4. The van der Waals surface area contributed by atoms with Crippen LogP contribution in [-0.4, -0.2) is 45.7 Å². The van der Waals surface area contributed by atoms with Crippen molar-refractivity contribution in [3.8, 4) is 0 Å². The highest BCUT2D eigenvalue weighted by Crippen LogP contribution is 2.19. The number of carbonyl (C=O) groups excluding carboxylic acids is 1. The van der Waals surface area contributed by atoms with Crippen LogP contribution in [0.5, 0.6) is 0 Å². The molecule has 0 bridgehead atoms. The van der Waals surface area contributed by atoms with E-state index in [1.54, 1.807) is 18.2 Å². The molecular formula is C20H25N5O2. The number of hydrogen-bond donors (Lipinski definition) is 1. The lowest BCUT2D eigenvalue weighted by Gasteiger charge is -2.24. The fourth-order valence-corrected chi connectivity index (χ4v) is 3.03. The summed E-state index contributed by atoms with van der Waals surface area (Å²) in [7, 11) is 3.59. The molecule has 0 fully saturated rings. The lowest BCUT2D eigenvalue weighted by atomic mass is 10.3. The standard InChI is InChI=1S/C20H25N5O2/c1-15(19-23-17-9-4-5-10-18(17)24(19)2)22-20(26)25(12-13-27-3)14-16-8-6-7-11-21-16/h4-11,15H,12-14H2,1-3H3,(H,22,26)/t15-/m0/s1. The third kappa shape index (κ3) is 4.43. The molecule has 0 radical (unpaired) electrons. The van der Waals surface area contributed by atoms with Gasteiger partial charge in [-0.15, -0.1) is 0 Å². The number of benzene rings is 1. The molecule has 1 N–H and O–H groups in total. The molecule has 0 saturated heterocycles. The Labute approximate surface area is 159 Å². The van der Waals surface area contributed by atoms with Gasteiger partial charge in [0.15, 0.2) is 0 Å². The first-order chi connectivity index (χ1) is 13.1. The molecule has 1 atom stereocenters. The Hall–Kier alpha value is -2.93. The Morgan fingerprint density at radius 3 is 2.74 bits per heavy atom. The number of aromatic nitrogens is 3. The van der Waals surface area contributed by atoms with Crippen molar-refractivity contribution in [1.82, 2.24) is 24.8 Å². The number of ether oxygens (including phenoxy) is 1. The first-order valence-corrected chi connectivity index (χ1v) is 8.95. The van der Waals surface area contributed by atoms with Crippen LogP contribution in [0, 0.1) is 0 Å². The summed E-state index contributed by atoms with van der Waals surface area (Å²) < 4.78 is 7.16. The summed E-state index contributed by atoms with van der Waals surface area (Å²) in [5.41, 5.74) is 2.79. The Morgan fingerprint density at radius 2 is 2.04 bits per heavy atom. The van der Waals surface area contributed by atoms with Crippen LogP contribution in [0.25, 0.3) is 11.0 Å². The summed E-state index contributed by atoms with van der Waals surface area (Å²) in [4.78, 5) is 23.5. The Balaban J connectivity index is 1.74. The Kier molecular flexibility index (Phi) is 6.03. The van der Waals surface area contributed by atoms with Gasteiger partial charge in [-0.25, -0.2) is 9.78 Å². The number of pyridine rings is 1. The fraction of sp³-hybridized carbons (Fsp3) is 0.350. The van der Waals surface area contributed by atoms with Gasteiger partial charge in [-0.2, -0.15) is 0 Å². The van der Waals surface area contributed by atoms with E-state index in [1.807, 2.05) is 61.0 Å². The van der Waals surface area contributed by atoms with E-state index in [0.29, 0.717) is 19.7 Å². The van der Waals surface area contributed by atoms with Crippen molar-refractivity contribution in [3.05, 3.63) is 60.2 Å². The van der Waals surface area contributed by atoms with Gasteiger partial charge in [0, 0.05) is 26.9 Å². The lowest BCUT2D eigenvalue weighted by molar-refractivity contribution is 0.144. The molecule has 142 valence electrons. The molecule has 0 unspecified atom stereocenters. The monoisotopic (exact) mass is 367 g/mol. The van der Waals surface area contributed by atoms with E-state index in [0.717, 1.165) is 22.6 Å². The molecule has 1 aromatic carbocycles. The second-order valence-electron chi connectivity index (χ2n) is 6.42. The summed E-state index contributed by atoms with van der Waals surface area (Å²) in [6.07, 6.45) is 1.73. The van der Waals surface area contributed by atoms with Gasteiger partial charge in [0.05, 0.1) is 35.9 Å². The van der Waals surface area contributed by atoms with Gasteiger partial charge in [-0.1, -0.05) is 18.2 Å². The van der Waals surface area contributed by atoms with Crippen molar-refractivity contribution < 1.29 is 9.53 Å². The maximum absolute atomic E-state index is 12.9. The van der Waals surface area contributed by atoms with Crippen molar-refractivity contribution in [2.45, 2.75) is 19.5 Å². The van der Waals surface area contributed by atoms with E-state index >= 15 is 0 Å². The van der Waals surface area contributed by atoms with Crippen molar-refractivity contribution in [2.75, 3.05) is 20.3 Å². The van der Waals surface area contributed by atoms with E-state index < -0.39 is 0 Å². The molecule has 2 amide bonds. The smallest absolute Gasteiger partial charge is 0.318 e. The number of carbonyl (C=O) groups is 1. The van der Waals surface area contributed by atoms with Crippen molar-refractivity contribution in [3.63, 3.8) is 0 Å². The van der Waals surface area contributed by atoms with Gasteiger partial charge < -0.3 is 19.5 Å². The van der Waals surface area contributed by atoms with Crippen LogP contribution >= 0.6 is 0 Å².